The van der Waals surface area contributed by atoms with Crippen LogP contribution in [0.1, 0.15) is 0 Å². The van der Waals surface area contributed by atoms with Gasteiger partial charge in [-0.2, -0.15) is 5.10 Å². The number of hydrogen-bond acceptors (Lipinski definition) is 4. The molecule has 6 nitrogen and oxygen atoms in total. The fraction of sp³-hybridized carbons (Fsp3) is 0. The lowest BCUT2D eigenvalue weighted by atomic mass is 10.1. The predicted molar refractivity (Wildman–Crippen MR) is 88.7 cm³/mol. The molecule has 0 aliphatic heterocycles. The van der Waals surface area contributed by atoms with Crippen LogP contribution < -0.4 is 11.0 Å². The van der Waals surface area contributed by atoms with E-state index in [9.17, 15) is 9.18 Å². The van der Waals surface area contributed by atoms with Gasteiger partial charge in [0.1, 0.15) is 5.82 Å². The third-order valence-corrected chi connectivity index (χ3v) is 3.57. The quantitative estimate of drug-likeness (QED) is 0.608. The second kappa shape index (κ2) is 5.62. The summed E-state index contributed by atoms with van der Waals surface area (Å²) >= 11 is 0. The fourth-order valence-electron chi connectivity index (χ4n) is 2.43. The highest BCUT2D eigenvalue weighted by Crippen LogP contribution is 2.22. The Labute approximate surface area is 135 Å². The molecule has 2 N–H and O–H groups in total. The summed E-state index contributed by atoms with van der Waals surface area (Å²) in [5.74, 6) is -0.0334. The number of fused-ring (bicyclic) bond motifs is 1. The zero-order valence-electron chi connectivity index (χ0n) is 12.4. The largest absolute Gasteiger partial charge is 0.350 e. The Hall–Kier alpha value is -3.48. The molecule has 0 saturated carbocycles. The highest BCUT2D eigenvalue weighted by atomic mass is 19.1. The van der Waals surface area contributed by atoms with E-state index < -0.39 is 5.69 Å². The van der Waals surface area contributed by atoms with Crippen molar-refractivity contribution in [1.29, 1.82) is 0 Å². The first kappa shape index (κ1) is 14.1. The summed E-state index contributed by atoms with van der Waals surface area (Å²) in [6.07, 6.45) is 0. The van der Waals surface area contributed by atoms with Crippen molar-refractivity contribution >= 4 is 17.3 Å². The number of aromatic nitrogens is 4. The summed E-state index contributed by atoms with van der Waals surface area (Å²) in [5, 5.41) is 9.45. The van der Waals surface area contributed by atoms with Crippen molar-refractivity contribution in [2.45, 2.75) is 0 Å². The standard InChI is InChI=1S/C17H12FN5O/c18-12-6-8-13(9-7-12)19-16-20-14(11-4-2-1-3-5-11)10-15-21-22-17(24)23(15)16/h1-10H,(H,19,20)(H,22,24). The first-order valence-electron chi connectivity index (χ1n) is 7.27. The SMILES string of the molecule is O=c1[nH]nc2cc(-c3ccccc3)nc(Nc3ccc(F)cc3)n12. The van der Waals surface area contributed by atoms with Gasteiger partial charge in [-0.3, -0.25) is 0 Å². The van der Waals surface area contributed by atoms with Crippen LogP contribution in [0.4, 0.5) is 16.0 Å². The lowest BCUT2D eigenvalue weighted by molar-refractivity contribution is 0.628. The predicted octanol–water partition coefficient (Wildman–Crippen LogP) is 2.97. The zero-order valence-corrected chi connectivity index (χ0v) is 12.4. The van der Waals surface area contributed by atoms with Crippen LogP contribution in [0.15, 0.2) is 65.5 Å². The molecular formula is C17H12FN5O. The molecule has 0 aliphatic rings. The summed E-state index contributed by atoms with van der Waals surface area (Å²) < 4.78 is 14.4. The van der Waals surface area contributed by atoms with E-state index in [4.69, 9.17) is 0 Å². The molecule has 0 atom stereocenters. The van der Waals surface area contributed by atoms with Gasteiger partial charge in [-0.05, 0) is 24.3 Å². The lowest BCUT2D eigenvalue weighted by Crippen LogP contribution is -2.14. The maximum atomic E-state index is 13.1. The monoisotopic (exact) mass is 321 g/mol. The number of anilines is 2. The van der Waals surface area contributed by atoms with Crippen molar-refractivity contribution in [1.82, 2.24) is 19.6 Å². The smallest absolute Gasteiger partial charge is 0.325 e. The number of nitrogens with one attached hydrogen (secondary N) is 2. The number of halogens is 1. The third kappa shape index (κ3) is 2.52. The van der Waals surface area contributed by atoms with E-state index >= 15 is 0 Å². The number of benzene rings is 2. The molecule has 0 spiro atoms. The minimum absolute atomic E-state index is 0.303. The fourth-order valence-corrected chi connectivity index (χ4v) is 2.43. The molecule has 0 fully saturated rings. The van der Waals surface area contributed by atoms with Gasteiger partial charge in [-0.25, -0.2) is 23.7 Å². The molecule has 4 rings (SSSR count). The van der Waals surface area contributed by atoms with Crippen molar-refractivity contribution in [3.05, 3.63) is 77.0 Å². The molecule has 0 radical (unpaired) electrons. The van der Waals surface area contributed by atoms with E-state index in [-0.39, 0.29) is 5.82 Å². The van der Waals surface area contributed by atoms with Crippen molar-refractivity contribution in [2.75, 3.05) is 5.32 Å². The zero-order chi connectivity index (χ0) is 16.5. The number of H-pyrrole nitrogens is 1. The van der Waals surface area contributed by atoms with Gasteiger partial charge in [0, 0.05) is 17.3 Å². The van der Waals surface area contributed by atoms with Gasteiger partial charge in [0.05, 0.1) is 5.69 Å². The highest BCUT2D eigenvalue weighted by Gasteiger charge is 2.11. The van der Waals surface area contributed by atoms with Crippen LogP contribution in [0.25, 0.3) is 16.9 Å². The maximum Gasteiger partial charge on any atom is 0.350 e. The summed E-state index contributed by atoms with van der Waals surface area (Å²) in [5.41, 5.74) is 2.23. The number of hydrogen-bond donors (Lipinski definition) is 2. The van der Waals surface area contributed by atoms with E-state index in [1.54, 1.807) is 18.2 Å². The average molecular weight is 321 g/mol. The molecule has 0 saturated heterocycles. The van der Waals surface area contributed by atoms with E-state index in [1.165, 1.54) is 16.5 Å². The summed E-state index contributed by atoms with van der Waals surface area (Å²) in [7, 11) is 0. The Morgan fingerprint density at radius 3 is 2.54 bits per heavy atom. The molecule has 0 aliphatic carbocycles. The average Bonchev–Trinajstić information content (AvgIpc) is 2.99. The van der Waals surface area contributed by atoms with Crippen LogP contribution in [0, 0.1) is 5.82 Å². The van der Waals surface area contributed by atoms with Crippen LogP contribution in [0.3, 0.4) is 0 Å². The molecule has 0 unspecified atom stereocenters. The van der Waals surface area contributed by atoms with E-state index in [0.717, 1.165) is 5.56 Å². The van der Waals surface area contributed by atoms with E-state index in [0.29, 0.717) is 23.0 Å². The van der Waals surface area contributed by atoms with E-state index in [2.05, 4.69) is 20.5 Å². The Bertz CT molecular complexity index is 1050. The molecule has 118 valence electrons. The van der Waals surface area contributed by atoms with Crippen molar-refractivity contribution < 1.29 is 4.39 Å². The minimum Gasteiger partial charge on any atom is -0.325 e. The highest BCUT2D eigenvalue weighted by molar-refractivity contribution is 5.67. The summed E-state index contributed by atoms with van der Waals surface area (Å²) in [4.78, 5) is 16.5. The van der Waals surface area contributed by atoms with Crippen molar-refractivity contribution in [3.63, 3.8) is 0 Å². The molecule has 2 heterocycles. The van der Waals surface area contributed by atoms with Gasteiger partial charge >= 0.3 is 5.69 Å². The minimum atomic E-state index is -0.401. The van der Waals surface area contributed by atoms with Crippen LogP contribution in [-0.2, 0) is 0 Å². The normalized spacial score (nSPS) is 10.9. The van der Waals surface area contributed by atoms with Gasteiger partial charge in [0.15, 0.2) is 5.65 Å². The molecule has 2 aromatic heterocycles. The van der Waals surface area contributed by atoms with Crippen LogP contribution in [0.5, 0.6) is 0 Å². The molecule has 0 amide bonds. The van der Waals surface area contributed by atoms with Crippen molar-refractivity contribution in [3.8, 4) is 11.3 Å². The van der Waals surface area contributed by atoms with Crippen LogP contribution in [-0.4, -0.2) is 19.6 Å². The molecule has 4 aromatic rings. The number of rotatable bonds is 3. The topological polar surface area (TPSA) is 75.1 Å². The van der Waals surface area contributed by atoms with Gasteiger partial charge in [0.25, 0.3) is 0 Å². The van der Waals surface area contributed by atoms with Gasteiger partial charge in [-0.15, -0.1) is 0 Å². The van der Waals surface area contributed by atoms with Gasteiger partial charge in [0.2, 0.25) is 5.95 Å². The maximum absolute atomic E-state index is 13.1. The first-order chi connectivity index (χ1) is 11.7. The van der Waals surface area contributed by atoms with E-state index in [1.807, 2.05) is 30.3 Å². The molecular weight excluding hydrogens is 309 g/mol. The molecule has 2 aromatic carbocycles. The number of nitrogens with zero attached hydrogens (tertiary/aromatic N) is 3. The molecule has 24 heavy (non-hydrogen) atoms. The van der Waals surface area contributed by atoms with Crippen LogP contribution in [0.2, 0.25) is 0 Å². The first-order valence-corrected chi connectivity index (χ1v) is 7.27. The Kier molecular flexibility index (Phi) is 3.31. The second-order valence-corrected chi connectivity index (χ2v) is 5.19. The lowest BCUT2D eigenvalue weighted by Gasteiger charge is -2.09. The van der Waals surface area contributed by atoms with Gasteiger partial charge in [-0.1, -0.05) is 30.3 Å². The van der Waals surface area contributed by atoms with Gasteiger partial charge < -0.3 is 5.32 Å². The number of aromatic amines is 1. The Morgan fingerprint density at radius 2 is 1.79 bits per heavy atom. The van der Waals surface area contributed by atoms with Crippen LogP contribution >= 0.6 is 0 Å². The molecule has 7 heteroatoms. The Balaban J connectivity index is 1.87. The Morgan fingerprint density at radius 1 is 1.04 bits per heavy atom. The summed E-state index contributed by atoms with van der Waals surface area (Å²) in [6.45, 7) is 0. The third-order valence-electron chi connectivity index (χ3n) is 3.57. The van der Waals surface area contributed by atoms with Crippen molar-refractivity contribution in [2.24, 2.45) is 0 Å². The second-order valence-electron chi connectivity index (χ2n) is 5.19. The molecule has 0 bridgehead atoms. The summed E-state index contributed by atoms with van der Waals surface area (Å²) in [6, 6.07) is 17.1.